The van der Waals surface area contributed by atoms with Crippen LogP contribution in [0.5, 0.6) is 5.75 Å². The molecule has 2 atom stereocenters. The highest BCUT2D eigenvalue weighted by atomic mass is 32.2. The Morgan fingerprint density at radius 3 is 2.18 bits per heavy atom. The quantitative estimate of drug-likeness (QED) is 0.568. The minimum atomic E-state index is -3.65. The molecule has 182 valence electrons. The number of nitrogens with one attached hydrogen (secondary N) is 1. The van der Waals surface area contributed by atoms with Crippen molar-refractivity contribution in [3.05, 3.63) is 59.7 Å². The molecule has 0 amide bonds. The third-order valence-electron chi connectivity index (χ3n) is 5.82. The van der Waals surface area contributed by atoms with Crippen LogP contribution in [0.15, 0.2) is 47.4 Å². The molecule has 34 heavy (non-hydrogen) atoms. The highest BCUT2D eigenvalue weighted by molar-refractivity contribution is 7.89. The molecule has 2 aromatic rings. The molecular formula is C23H26F2N4O4S. The highest BCUT2D eigenvalue weighted by Crippen LogP contribution is 2.22. The molecular weight excluding hydrogens is 466 g/mol. The van der Waals surface area contributed by atoms with Gasteiger partial charge in [0.05, 0.1) is 28.7 Å². The van der Waals surface area contributed by atoms with Gasteiger partial charge in [-0.1, -0.05) is 6.07 Å². The lowest BCUT2D eigenvalue weighted by Gasteiger charge is -2.45. The first-order chi connectivity index (χ1) is 16.3. The van der Waals surface area contributed by atoms with Crippen molar-refractivity contribution in [2.45, 2.75) is 17.1 Å². The minimum absolute atomic E-state index is 0.0344. The van der Waals surface area contributed by atoms with Gasteiger partial charge < -0.3 is 9.47 Å². The zero-order chi connectivity index (χ0) is 24.1. The average molecular weight is 493 g/mol. The van der Waals surface area contributed by atoms with Gasteiger partial charge in [0.1, 0.15) is 6.61 Å². The normalized spacial score (nSPS) is 21.2. The van der Waals surface area contributed by atoms with E-state index in [1.54, 1.807) is 0 Å². The van der Waals surface area contributed by atoms with Crippen molar-refractivity contribution in [1.29, 1.82) is 5.26 Å². The molecule has 11 heteroatoms. The molecule has 0 spiro atoms. The van der Waals surface area contributed by atoms with E-state index in [4.69, 9.17) is 14.7 Å². The lowest BCUT2D eigenvalue weighted by Crippen LogP contribution is -2.60. The summed E-state index contributed by atoms with van der Waals surface area (Å²) < 4.78 is 66.2. The standard InChI is InChI=1S/C23H26F2N4O4S/c24-21-2-1-3-22(25)23(21)32-11-10-29-15-18-13-28(14-19(16-29)33-18)9-8-27-34(30,31)20-6-4-17(12-26)5-7-20/h1-7,18-19,27H,8-11,13-16H2. The zero-order valence-corrected chi connectivity index (χ0v) is 19.3. The number of benzene rings is 2. The highest BCUT2D eigenvalue weighted by Gasteiger charge is 2.34. The maximum atomic E-state index is 13.7. The van der Waals surface area contributed by atoms with Gasteiger partial charge in [0.25, 0.3) is 0 Å². The van der Waals surface area contributed by atoms with Gasteiger partial charge in [0.15, 0.2) is 17.4 Å². The summed E-state index contributed by atoms with van der Waals surface area (Å²) in [5.41, 5.74) is 0.402. The van der Waals surface area contributed by atoms with Crippen molar-refractivity contribution in [1.82, 2.24) is 14.5 Å². The Labute approximate surface area is 197 Å². The Morgan fingerprint density at radius 1 is 1.00 bits per heavy atom. The molecule has 2 aliphatic heterocycles. The van der Waals surface area contributed by atoms with Crippen molar-refractivity contribution in [2.24, 2.45) is 0 Å². The van der Waals surface area contributed by atoms with Crippen molar-refractivity contribution in [3.8, 4) is 11.8 Å². The van der Waals surface area contributed by atoms with Crippen LogP contribution in [0, 0.1) is 23.0 Å². The summed E-state index contributed by atoms with van der Waals surface area (Å²) in [4.78, 5) is 4.45. The fourth-order valence-electron chi connectivity index (χ4n) is 4.25. The minimum Gasteiger partial charge on any atom is -0.486 e. The Kier molecular flexibility index (Phi) is 7.75. The molecule has 2 heterocycles. The summed E-state index contributed by atoms with van der Waals surface area (Å²) in [6.07, 6.45) is -0.0688. The summed E-state index contributed by atoms with van der Waals surface area (Å²) in [5.74, 6) is -1.79. The predicted molar refractivity (Wildman–Crippen MR) is 120 cm³/mol. The van der Waals surface area contributed by atoms with Crippen LogP contribution in [0.25, 0.3) is 0 Å². The lowest BCUT2D eigenvalue weighted by atomic mass is 10.1. The number of halogens is 2. The van der Waals surface area contributed by atoms with E-state index in [2.05, 4.69) is 14.5 Å². The third kappa shape index (κ3) is 6.08. The molecule has 4 rings (SSSR count). The van der Waals surface area contributed by atoms with Crippen molar-refractivity contribution in [2.75, 3.05) is 52.4 Å². The monoisotopic (exact) mass is 492 g/mol. The van der Waals surface area contributed by atoms with Crippen molar-refractivity contribution < 1.29 is 26.7 Å². The lowest BCUT2D eigenvalue weighted by molar-refractivity contribution is -0.138. The molecule has 0 aliphatic carbocycles. The maximum Gasteiger partial charge on any atom is 0.240 e. The maximum absolute atomic E-state index is 13.7. The van der Waals surface area contributed by atoms with Gasteiger partial charge in [-0.05, 0) is 36.4 Å². The first-order valence-corrected chi connectivity index (χ1v) is 12.5. The fourth-order valence-corrected chi connectivity index (χ4v) is 5.27. The van der Waals surface area contributed by atoms with E-state index in [-0.39, 0.29) is 36.0 Å². The summed E-state index contributed by atoms with van der Waals surface area (Å²) in [6.45, 7) is 4.13. The van der Waals surface area contributed by atoms with Crippen LogP contribution in [0.4, 0.5) is 8.78 Å². The number of nitrogens with zero attached hydrogens (tertiary/aromatic N) is 3. The second-order valence-electron chi connectivity index (χ2n) is 8.33. The number of para-hydroxylation sites is 1. The predicted octanol–water partition coefficient (Wildman–Crippen LogP) is 1.58. The Bertz CT molecular complexity index is 1110. The molecule has 0 aromatic heterocycles. The first-order valence-electron chi connectivity index (χ1n) is 11.0. The van der Waals surface area contributed by atoms with Crippen molar-refractivity contribution >= 4 is 10.0 Å². The number of morpholine rings is 2. The molecule has 2 fully saturated rings. The molecule has 1 N–H and O–H groups in total. The number of rotatable bonds is 9. The SMILES string of the molecule is N#Cc1ccc(S(=O)(=O)NCCN2CC3CN(CCOc4c(F)cccc4F)CC(C2)O3)cc1. The van der Waals surface area contributed by atoms with Crippen LogP contribution in [-0.2, 0) is 14.8 Å². The third-order valence-corrected chi connectivity index (χ3v) is 7.30. The van der Waals surface area contributed by atoms with E-state index in [1.165, 1.54) is 30.3 Å². The molecule has 2 bridgehead atoms. The van der Waals surface area contributed by atoms with Crippen LogP contribution in [-0.4, -0.2) is 82.8 Å². The average Bonchev–Trinajstić information content (AvgIpc) is 2.80. The summed E-state index contributed by atoms with van der Waals surface area (Å²) in [5, 5.41) is 8.84. The van der Waals surface area contributed by atoms with E-state index < -0.39 is 21.7 Å². The van der Waals surface area contributed by atoms with Gasteiger partial charge in [-0.15, -0.1) is 0 Å². The Hall–Kier alpha value is -2.62. The van der Waals surface area contributed by atoms with Gasteiger partial charge in [0.2, 0.25) is 10.0 Å². The van der Waals surface area contributed by atoms with Gasteiger partial charge in [0, 0.05) is 45.8 Å². The molecule has 2 aliphatic rings. The Morgan fingerprint density at radius 2 is 1.59 bits per heavy atom. The summed E-state index contributed by atoms with van der Waals surface area (Å²) in [7, 11) is -3.65. The number of fused-ring (bicyclic) bond motifs is 2. The van der Waals surface area contributed by atoms with E-state index in [1.807, 2.05) is 6.07 Å². The van der Waals surface area contributed by atoms with E-state index in [0.717, 1.165) is 12.1 Å². The molecule has 2 unspecified atom stereocenters. The van der Waals surface area contributed by atoms with Crippen LogP contribution >= 0.6 is 0 Å². The molecule has 2 saturated heterocycles. The van der Waals surface area contributed by atoms with Crippen LogP contribution in [0.1, 0.15) is 5.56 Å². The smallest absolute Gasteiger partial charge is 0.240 e. The van der Waals surface area contributed by atoms with Gasteiger partial charge in [-0.2, -0.15) is 5.26 Å². The van der Waals surface area contributed by atoms with E-state index in [0.29, 0.717) is 44.8 Å². The Balaban J connectivity index is 1.21. The fraction of sp³-hybridized carbons (Fsp3) is 0.435. The molecule has 8 nitrogen and oxygen atoms in total. The molecule has 2 aromatic carbocycles. The number of sulfonamides is 1. The summed E-state index contributed by atoms with van der Waals surface area (Å²) >= 11 is 0. The van der Waals surface area contributed by atoms with Gasteiger partial charge >= 0.3 is 0 Å². The van der Waals surface area contributed by atoms with Crippen LogP contribution in [0.2, 0.25) is 0 Å². The van der Waals surface area contributed by atoms with E-state index in [9.17, 15) is 17.2 Å². The second kappa shape index (κ2) is 10.8. The topological polar surface area (TPSA) is 94.9 Å². The molecule has 0 saturated carbocycles. The number of hydrogen-bond acceptors (Lipinski definition) is 7. The first kappa shape index (κ1) is 24.5. The second-order valence-corrected chi connectivity index (χ2v) is 10.1. The zero-order valence-electron chi connectivity index (χ0n) is 18.5. The number of nitriles is 1. The largest absolute Gasteiger partial charge is 0.486 e. The van der Waals surface area contributed by atoms with E-state index >= 15 is 0 Å². The number of hydrogen-bond donors (Lipinski definition) is 1. The number of ether oxygens (including phenoxy) is 2. The summed E-state index contributed by atoms with van der Waals surface area (Å²) in [6, 6.07) is 11.4. The molecule has 0 radical (unpaired) electrons. The van der Waals surface area contributed by atoms with Crippen LogP contribution < -0.4 is 9.46 Å². The van der Waals surface area contributed by atoms with Crippen LogP contribution in [0.3, 0.4) is 0 Å². The van der Waals surface area contributed by atoms with Gasteiger partial charge in [-0.25, -0.2) is 21.9 Å². The van der Waals surface area contributed by atoms with Crippen molar-refractivity contribution in [3.63, 3.8) is 0 Å². The van der Waals surface area contributed by atoms with Gasteiger partial charge in [-0.3, -0.25) is 9.80 Å².